The van der Waals surface area contributed by atoms with Crippen LogP contribution in [0, 0.1) is 0 Å². The van der Waals surface area contributed by atoms with Gasteiger partial charge < -0.3 is 9.47 Å². The van der Waals surface area contributed by atoms with E-state index in [4.69, 9.17) is 0 Å². The van der Waals surface area contributed by atoms with E-state index >= 15 is 0 Å². The molecule has 0 fully saturated rings. The van der Waals surface area contributed by atoms with Crippen LogP contribution in [0.15, 0.2) is 255 Å². The lowest BCUT2D eigenvalue weighted by atomic mass is 9.89. The van der Waals surface area contributed by atoms with Gasteiger partial charge >= 0.3 is 0 Å². The Morgan fingerprint density at radius 1 is 0.274 bits per heavy atom. The minimum absolute atomic E-state index is 1.10. The highest BCUT2D eigenvalue weighted by atomic mass is 15.2. The van der Waals surface area contributed by atoms with Gasteiger partial charge in [-0.25, -0.2) is 0 Å². The van der Waals surface area contributed by atoms with Crippen molar-refractivity contribution in [3.05, 3.63) is 255 Å². The molecule has 0 saturated heterocycles. The van der Waals surface area contributed by atoms with E-state index in [-0.39, 0.29) is 0 Å². The van der Waals surface area contributed by atoms with Crippen molar-refractivity contribution in [2.24, 2.45) is 0 Å². The highest BCUT2D eigenvalue weighted by molar-refractivity contribution is 6.17. The number of aromatic nitrogens is 1. The van der Waals surface area contributed by atoms with Gasteiger partial charge in [-0.1, -0.05) is 206 Å². The van der Waals surface area contributed by atoms with E-state index < -0.39 is 0 Å². The number of benzene rings is 10. The lowest BCUT2D eigenvalue weighted by Gasteiger charge is -2.28. The van der Waals surface area contributed by atoms with Crippen molar-refractivity contribution in [1.29, 1.82) is 0 Å². The summed E-state index contributed by atoms with van der Waals surface area (Å²) in [6.45, 7) is 0. The molecule has 11 aromatic rings. The van der Waals surface area contributed by atoms with Crippen LogP contribution in [0.3, 0.4) is 0 Å². The first-order valence-corrected chi connectivity index (χ1v) is 21.3. The lowest BCUT2D eigenvalue weighted by molar-refractivity contribution is 1.18. The summed E-state index contributed by atoms with van der Waals surface area (Å²) in [5, 5.41) is 2.38. The molecule has 0 aliphatic carbocycles. The van der Waals surface area contributed by atoms with Gasteiger partial charge in [-0.3, -0.25) is 0 Å². The third kappa shape index (κ3) is 6.56. The first kappa shape index (κ1) is 36.8. The van der Waals surface area contributed by atoms with Gasteiger partial charge in [0.15, 0.2) is 0 Å². The molecule has 0 saturated carbocycles. The maximum Gasteiger partial charge on any atom is 0.0562 e. The van der Waals surface area contributed by atoms with Crippen molar-refractivity contribution in [1.82, 2.24) is 4.57 Å². The van der Waals surface area contributed by atoms with Crippen molar-refractivity contribution >= 4 is 38.9 Å². The van der Waals surface area contributed by atoms with Gasteiger partial charge in [-0.15, -0.1) is 0 Å². The summed E-state index contributed by atoms with van der Waals surface area (Å²) in [7, 11) is 0. The number of anilines is 3. The fourth-order valence-electron chi connectivity index (χ4n) is 9.27. The number of fused-ring (bicyclic) bond motifs is 3. The summed E-state index contributed by atoms with van der Waals surface area (Å²) in [6, 6.07) is 92.1. The average molecular weight is 791 g/mol. The molecular formula is C60H42N2. The van der Waals surface area contributed by atoms with Crippen LogP contribution < -0.4 is 4.90 Å². The van der Waals surface area contributed by atoms with Crippen LogP contribution in [0.1, 0.15) is 0 Å². The molecule has 0 radical (unpaired) electrons. The van der Waals surface area contributed by atoms with Crippen LogP contribution >= 0.6 is 0 Å². The topological polar surface area (TPSA) is 8.17 Å². The minimum atomic E-state index is 1.10. The van der Waals surface area contributed by atoms with E-state index in [1.54, 1.807) is 0 Å². The quantitative estimate of drug-likeness (QED) is 0.141. The maximum atomic E-state index is 2.49. The minimum Gasteiger partial charge on any atom is -0.309 e. The van der Waals surface area contributed by atoms with E-state index in [1.807, 2.05) is 0 Å². The summed E-state index contributed by atoms with van der Waals surface area (Å²) in [6.07, 6.45) is 0. The SMILES string of the molecule is c1ccc(-c2ccccc2-c2ccc(-n3c4ccccc4c4c(N(c5ccccc5)c5ccccc5-c5ccccc5)cccc43)c(-c3ccccc3-c3ccccc3)c2)cc1. The molecule has 0 spiro atoms. The van der Waals surface area contributed by atoms with E-state index in [0.717, 1.165) is 39.3 Å². The normalized spacial score (nSPS) is 11.2. The van der Waals surface area contributed by atoms with Crippen LogP contribution in [0.4, 0.5) is 17.1 Å². The Labute approximate surface area is 362 Å². The molecule has 0 bridgehead atoms. The molecule has 11 rings (SSSR count). The van der Waals surface area contributed by atoms with Crippen molar-refractivity contribution in [2.45, 2.75) is 0 Å². The second-order valence-electron chi connectivity index (χ2n) is 15.6. The van der Waals surface area contributed by atoms with Gasteiger partial charge in [0.1, 0.15) is 0 Å². The average Bonchev–Trinajstić information content (AvgIpc) is 3.70. The fourth-order valence-corrected chi connectivity index (χ4v) is 9.27. The molecule has 292 valence electrons. The summed E-state index contributed by atoms with van der Waals surface area (Å²) < 4.78 is 2.49. The smallest absolute Gasteiger partial charge is 0.0562 e. The van der Waals surface area contributed by atoms with Crippen LogP contribution in [0.25, 0.3) is 83.1 Å². The molecule has 0 aliphatic rings. The Kier molecular flexibility index (Phi) is 9.57. The standard InChI is InChI=1S/C60H42N2/c1-5-22-43(23-6-1)48-30-13-14-32-50(48)46-40-41-57(54(42-46)52-34-16-15-31-49(52)44-24-7-2-8-25-44)62-56-37-20-18-35-53(56)60-58(38-21-39-59(60)62)61(47-28-11-4-12-29-47)55-36-19-17-33-51(55)45-26-9-3-10-27-45/h1-42H. The van der Waals surface area contributed by atoms with E-state index in [2.05, 4.69) is 264 Å². The van der Waals surface area contributed by atoms with Crippen molar-refractivity contribution in [3.63, 3.8) is 0 Å². The molecule has 0 atom stereocenters. The van der Waals surface area contributed by atoms with Crippen LogP contribution in [0.5, 0.6) is 0 Å². The summed E-state index contributed by atoms with van der Waals surface area (Å²) in [5.41, 5.74) is 18.6. The highest BCUT2D eigenvalue weighted by Crippen LogP contribution is 2.48. The predicted octanol–water partition coefficient (Wildman–Crippen LogP) is 16.6. The number of hydrogen-bond acceptors (Lipinski definition) is 1. The Hall–Kier alpha value is -8.20. The zero-order valence-electron chi connectivity index (χ0n) is 34.1. The molecule has 0 aliphatic heterocycles. The van der Waals surface area contributed by atoms with Crippen molar-refractivity contribution < 1.29 is 0 Å². The van der Waals surface area contributed by atoms with E-state index in [0.29, 0.717) is 0 Å². The van der Waals surface area contributed by atoms with Gasteiger partial charge in [0.05, 0.1) is 28.1 Å². The van der Waals surface area contributed by atoms with Crippen LogP contribution in [0.2, 0.25) is 0 Å². The number of para-hydroxylation sites is 3. The number of nitrogens with zero attached hydrogens (tertiary/aromatic N) is 2. The largest absolute Gasteiger partial charge is 0.309 e. The fraction of sp³-hybridized carbons (Fsp3) is 0. The molecule has 1 aromatic heterocycles. The Balaban J connectivity index is 1.20. The first-order valence-electron chi connectivity index (χ1n) is 21.3. The Bertz CT molecular complexity index is 3330. The molecule has 0 unspecified atom stereocenters. The van der Waals surface area contributed by atoms with E-state index in [1.165, 1.54) is 60.8 Å². The zero-order valence-corrected chi connectivity index (χ0v) is 34.1. The van der Waals surface area contributed by atoms with Crippen molar-refractivity contribution in [3.8, 4) is 61.3 Å². The van der Waals surface area contributed by atoms with Crippen LogP contribution in [-0.2, 0) is 0 Å². The maximum absolute atomic E-state index is 2.49. The lowest BCUT2D eigenvalue weighted by Crippen LogP contribution is -2.11. The third-order valence-corrected chi connectivity index (χ3v) is 12.0. The molecule has 1 heterocycles. The highest BCUT2D eigenvalue weighted by Gasteiger charge is 2.24. The first-order chi connectivity index (χ1) is 30.8. The Morgan fingerprint density at radius 2 is 0.726 bits per heavy atom. The molecule has 10 aromatic carbocycles. The summed E-state index contributed by atoms with van der Waals surface area (Å²) in [4.78, 5) is 2.44. The molecular weight excluding hydrogens is 749 g/mol. The monoisotopic (exact) mass is 790 g/mol. The summed E-state index contributed by atoms with van der Waals surface area (Å²) >= 11 is 0. The van der Waals surface area contributed by atoms with E-state index in [9.17, 15) is 0 Å². The van der Waals surface area contributed by atoms with Gasteiger partial charge in [0, 0.05) is 27.6 Å². The second kappa shape index (κ2) is 16.1. The molecule has 2 heteroatoms. The Morgan fingerprint density at radius 3 is 1.37 bits per heavy atom. The van der Waals surface area contributed by atoms with Crippen LogP contribution in [-0.4, -0.2) is 4.57 Å². The molecule has 62 heavy (non-hydrogen) atoms. The number of rotatable bonds is 9. The second-order valence-corrected chi connectivity index (χ2v) is 15.6. The molecule has 0 amide bonds. The van der Waals surface area contributed by atoms with Gasteiger partial charge in [0.25, 0.3) is 0 Å². The number of hydrogen-bond donors (Lipinski definition) is 0. The molecule has 0 N–H and O–H groups in total. The predicted molar refractivity (Wildman–Crippen MR) is 263 cm³/mol. The third-order valence-electron chi connectivity index (χ3n) is 12.0. The van der Waals surface area contributed by atoms with Gasteiger partial charge in [-0.2, -0.15) is 0 Å². The molecule has 2 nitrogen and oxygen atoms in total. The zero-order chi connectivity index (χ0) is 41.2. The summed E-state index contributed by atoms with van der Waals surface area (Å²) in [5.74, 6) is 0. The van der Waals surface area contributed by atoms with Gasteiger partial charge in [0.2, 0.25) is 0 Å². The van der Waals surface area contributed by atoms with Gasteiger partial charge in [-0.05, 0) is 93.0 Å². The van der Waals surface area contributed by atoms with Crippen molar-refractivity contribution in [2.75, 3.05) is 4.90 Å².